The molecule has 2 N–H and O–H groups in total. The number of carboxylic acid groups (broad SMARTS) is 1. The summed E-state index contributed by atoms with van der Waals surface area (Å²) in [5, 5.41) is 11.7. The number of anilines is 1. The number of aryl methyl sites for hydroxylation is 1. The number of hydrogen-bond acceptors (Lipinski definition) is 5. The number of hydrogen-bond donors (Lipinski definition) is 2. The van der Waals surface area contributed by atoms with Crippen molar-refractivity contribution in [2.24, 2.45) is 0 Å². The third-order valence-corrected chi connectivity index (χ3v) is 2.26. The first kappa shape index (κ1) is 13.4. The summed E-state index contributed by atoms with van der Waals surface area (Å²) in [6, 6.07) is 1.82. The Kier molecular flexibility index (Phi) is 5.35. The molecule has 0 saturated carbocycles. The van der Waals surface area contributed by atoms with Crippen molar-refractivity contribution >= 4 is 11.8 Å². The molecule has 1 unspecified atom stereocenters. The molecule has 1 aromatic rings. The zero-order chi connectivity index (χ0) is 12.7. The summed E-state index contributed by atoms with van der Waals surface area (Å²) in [7, 11) is 1.36. The van der Waals surface area contributed by atoms with E-state index in [4.69, 9.17) is 9.84 Å². The SMILES string of the molecule is CCCc1cc(NCC(OC)C(=O)O)ncn1. The normalized spacial score (nSPS) is 12.1. The molecule has 0 aliphatic rings. The van der Waals surface area contributed by atoms with Crippen LogP contribution in [0.25, 0.3) is 0 Å². The summed E-state index contributed by atoms with van der Waals surface area (Å²) < 4.78 is 4.81. The van der Waals surface area contributed by atoms with Crippen molar-refractivity contribution in [2.75, 3.05) is 19.0 Å². The van der Waals surface area contributed by atoms with Gasteiger partial charge in [0.15, 0.2) is 6.10 Å². The number of carboxylic acids is 1. The zero-order valence-corrected chi connectivity index (χ0v) is 10.0. The van der Waals surface area contributed by atoms with E-state index >= 15 is 0 Å². The Labute approximate surface area is 100 Å². The second-order valence-electron chi connectivity index (χ2n) is 3.59. The van der Waals surface area contributed by atoms with Gasteiger partial charge in [-0.15, -0.1) is 0 Å². The number of carbonyl (C=O) groups is 1. The lowest BCUT2D eigenvalue weighted by atomic mass is 10.2. The largest absolute Gasteiger partial charge is 0.479 e. The van der Waals surface area contributed by atoms with Crippen LogP contribution in [0.1, 0.15) is 19.0 Å². The van der Waals surface area contributed by atoms with Gasteiger partial charge in [-0.05, 0) is 6.42 Å². The number of rotatable bonds is 7. The molecule has 6 nitrogen and oxygen atoms in total. The molecule has 0 aliphatic carbocycles. The number of methoxy groups -OCH3 is 1. The van der Waals surface area contributed by atoms with E-state index in [0.29, 0.717) is 5.82 Å². The van der Waals surface area contributed by atoms with Crippen molar-refractivity contribution in [1.29, 1.82) is 0 Å². The molecular weight excluding hydrogens is 222 g/mol. The van der Waals surface area contributed by atoms with Crippen molar-refractivity contribution in [3.05, 3.63) is 18.1 Å². The standard InChI is InChI=1S/C11H17N3O3/c1-3-4-8-5-10(14-7-13-8)12-6-9(17-2)11(15)16/h5,7,9H,3-4,6H2,1-2H3,(H,15,16)(H,12,13,14). The van der Waals surface area contributed by atoms with E-state index in [1.165, 1.54) is 13.4 Å². The number of nitrogens with zero attached hydrogens (tertiary/aromatic N) is 2. The van der Waals surface area contributed by atoms with Crippen LogP contribution in [0, 0.1) is 0 Å². The van der Waals surface area contributed by atoms with Crippen LogP contribution in [-0.4, -0.2) is 40.8 Å². The highest BCUT2D eigenvalue weighted by Crippen LogP contribution is 2.06. The fraction of sp³-hybridized carbons (Fsp3) is 0.545. The van der Waals surface area contributed by atoms with Gasteiger partial charge < -0.3 is 15.2 Å². The Morgan fingerprint density at radius 2 is 2.35 bits per heavy atom. The van der Waals surface area contributed by atoms with Gasteiger partial charge >= 0.3 is 5.97 Å². The molecule has 6 heteroatoms. The van der Waals surface area contributed by atoms with Gasteiger partial charge in [-0.25, -0.2) is 14.8 Å². The van der Waals surface area contributed by atoms with Gasteiger partial charge in [0.25, 0.3) is 0 Å². The number of aliphatic carboxylic acids is 1. The van der Waals surface area contributed by atoms with E-state index in [-0.39, 0.29) is 6.54 Å². The first-order valence-corrected chi connectivity index (χ1v) is 5.47. The molecule has 0 aliphatic heterocycles. The predicted molar refractivity (Wildman–Crippen MR) is 62.9 cm³/mol. The molecule has 17 heavy (non-hydrogen) atoms. The minimum Gasteiger partial charge on any atom is -0.479 e. The molecule has 0 radical (unpaired) electrons. The van der Waals surface area contributed by atoms with E-state index in [9.17, 15) is 4.79 Å². The van der Waals surface area contributed by atoms with Crippen LogP contribution >= 0.6 is 0 Å². The Hall–Kier alpha value is -1.69. The van der Waals surface area contributed by atoms with Crippen LogP contribution in [-0.2, 0) is 16.0 Å². The molecule has 1 heterocycles. The van der Waals surface area contributed by atoms with E-state index < -0.39 is 12.1 Å². The zero-order valence-electron chi connectivity index (χ0n) is 10.0. The van der Waals surface area contributed by atoms with Crippen molar-refractivity contribution in [1.82, 2.24) is 9.97 Å². The maximum atomic E-state index is 10.7. The monoisotopic (exact) mass is 239 g/mol. The Bertz CT molecular complexity index is 371. The van der Waals surface area contributed by atoms with Crippen LogP contribution < -0.4 is 5.32 Å². The van der Waals surface area contributed by atoms with Gasteiger partial charge in [0, 0.05) is 18.9 Å². The third kappa shape index (κ3) is 4.36. The van der Waals surface area contributed by atoms with Crippen molar-refractivity contribution in [2.45, 2.75) is 25.9 Å². The summed E-state index contributed by atoms with van der Waals surface area (Å²) in [6.45, 7) is 2.25. The molecule has 0 amide bonds. The number of nitrogens with one attached hydrogen (secondary N) is 1. The minimum absolute atomic E-state index is 0.175. The first-order valence-electron chi connectivity index (χ1n) is 5.47. The quantitative estimate of drug-likeness (QED) is 0.736. The first-order chi connectivity index (χ1) is 8.17. The highest BCUT2D eigenvalue weighted by Gasteiger charge is 2.15. The third-order valence-electron chi connectivity index (χ3n) is 2.26. The highest BCUT2D eigenvalue weighted by molar-refractivity contribution is 5.73. The van der Waals surface area contributed by atoms with Crippen LogP contribution in [0.3, 0.4) is 0 Å². The van der Waals surface area contributed by atoms with E-state index in [2.05, 4.69) is 22.2 Å². The average Bonchev–Trinajstić information content (AvgIpc) is 2.30. The van der Waals surface area contributed by atoms with Crippen molar-refractivity contribution in [3.8, 4) is 0 Å². The topological polar surface area (TPSA) is 84.3 Å². The summed E-state index contributed by atoms with van der Waals surface area (Å²) in [4.78, 5) is 18.9. The molecule has 1 rings (SSSR count). The van der Waals surface area contributed by atoms with Gasteiger partial charge in [-0.2, -0.15) is 0 Å². The highest BCUT2D eigenvalue weighted by atomic mass is 16.5. The second-order valence-corrected chi connectivity index (χ2v) is 3.59. The van der Waals surface area contributed by atoms with Crippen molar-refractivity contribution in [3.63, 3.8) is 0 Å². The summed E-state index contributed by atoms with van der Waals surface area (Å²) in [6.07, 6.45) is 2.48. The molecule has 0 fully saturated rings. The summed E-state index contributed by atoms with van der Waals surface area (Å²) >= 11 is 0. The minimum atomic E-state index is -0.997. The molecule has 0 bridgehead atoms. The Balaban J connectivity index is 2.56. The van der Waals surface area contributed by atoms with Gasteiger partial charge in [-0.3, -0.25) is 0 Å². The van der Waals surface area contributed by atoms with E-state index in [1.807, 2.05) is 6.07 Å². The lowest BCUT2D eigenvalue weighted by Gasteiger charge is -2.12. The van der Waals surface area contributed by atoms with Crippen molar-refractivity contribution < 1.29 is 14.6 Å². The van der Waals surface area contributed by atoms with Gasteiger partial charge in [-0.1, -0.05) is 13.3 Å². The molecule has 0 saturated heterocycles. The maximum absolute atomic E-state index is 10.7. The van der Waals surface area contributed by atoms with E-state index in [1.54, 1.807) is 0 Å². The lowest BCUT2D eigenvalue weighted by molar-refractivity contribution is -0.147. The van der Waals surface area contributed by atoms with Crippen LogP contribution in [0.15, 0.2) is 12.4 Å². The number of aromatic nitrogens is 2. The second kappa shape index (κ2) is 6.80. The smallest absolute Gasteiger partial charge is 0.334 e. The molecule has 1 aromatic heterocycles. The summed E-state index contributed by atoms with van der Waals surface area (Å²) in [5.74, 6) is -0.380. The predicted octanol–water partition coefficient (Wildman–Crippen LogP) is 0.941. The van der Waals surface area contributed by atoms with Crippen LogP contribution in [0.2, 0.25) is 0 Å². The maximum Gasteiger partial charge on any atom is 0.334 e. The molecule has 1 atom stereocenters. The average molecular weight is 239 g/mol. The lowest BCUT2D eigenvalue weighted by Crippen LogP contribution is -2.30. The van der Waals surface area contributed by atoms with Crippen LogP contribution in [0.5, 0.6) is 0 Å². The summed E-state index contributed by atoms with van der Waals surface area (Å²) in [5.41, 5.74) is 0.939. The van der Waals surface area contributed by atoms with Gasteiger partial charge in [0.1, 0.15) is 12.1 Å². The van der Waals surface area contributed by atoms with E-state index in [0.717, 1.165) is 18.5 Å². The Morgan fingerprint density at radius 1 is 1.59 bits per heavy atom. The molecule has 0 spiro atoms. The number of ether oxygens (including phenoxy) is 1. The fourth-order valence-corrected chi connectivity index (χ4v) is 1.36. The fourth-order valence-electron chi connectivity index (χ4n) is 1.36. The van der Waals surface area contributed by atoms with Gasteiger partial charge in [0.2, 0.25) is 0 Å². The molecule has 94 valence electrons. The molecule has 0 aromatic carbocycles. The van der Waals surface area contributed by atoms with Gasteiger partial charge in [0.05, 0.1) is 6.54 Å². The Morgan fingerprint density at radius 3 is 2.94 bits per heavy atom. The van der Waals surface area contributed by atoms with Crippen LogP contribution in [0.4, 0.5) is 5.82 Å². The molecular formula is C11H17N3O3.